The zero-order valence-corrected chi connectivity index (χ0v) is 9.08. The fraction of sp³-hybridized carbons (Fsp3) is 0.0769. The number of allylic oxidation sites excluding steroid dienone is 3. The first-order valence-corrected chi connectivity index (χ1v) is 4.74. The van der Waals surface area contributed by atoms with E-state index in [-0.39, 0.29) is 5.69 Å². The van der Waals surface area contributed by atoms with Crippen LogP contribution in [0.4, 0.5) is 14.5 Å². The first-order valence-electron chi connectivity index (χ1n) is 4.74. The van der Waals surface area contributed by atoms with Crippen molar-refractivity contribution in [2.45, 2.75) is 0 Å². The number of halogens is 2. The second-order valence-electron chi connectivity index (χ2n) is 3.19. The molecule has 0 unspecified atom stereocenters. The third-order valence-corrected chi connectivity index (χ3v) is 2.16. The van der Waals surface area contributed by atoms with Crippen molar-refractivity contribution in [3.8, 4) is 0 Å². The van der Waals surface area contributed by atoms with Crippen molar-refractivity contribution in [2.24, 2.45) is 0 Å². The highest BCUT2D eigenvalue weighted by molar-refractivity contribution is 5.55. The lowest BCUT2D eigenvalue weighted by Gasteiger charge is -2.20. The van der Waals surface area contributed by atoms with E-state index in [9.17, 15) is 8.78 Å². The van der Waals surface area contributed by atoms with Gasteiger partial charge in [-0.1, -0.05) is 19.2 Å². The Labute approximate surface area is 94.0 Å². The molecular formula is C13H13F2N. The van der Waals surface area contributed by atoms with E-state index in [4.69, 9.17) is 0 Å². The van der Waals surface area contributed by atoms with Crippen LogP contribution in [-0.4, -0.2) is 7.05 Å². The van der Waals surface area contributed by atoms with Crippen molar-refractivity contribution in [1.29, 1.82) is 0 Å². The van der Waals surface area contributed by atoms with E-state index in [0.717, 1.165) is 6.07 Å². The molecule has 0 N–H and O–H groups in total. The Morgan fingerprint density at radius 3 is 2.50 bits per heavy atom. The third-order valence-electron chi connectivity index (χ3n) is 2.16. The maximum Gasteiger partial charge on any atom is 0.149 e. The van der Waals surface area contributed by atoms with Crippen molar-refractivity contribution >= 4 is 5.69 Å². The fourth-order valence-electron chi connectivity index (χ4n) is 1.33. The standard InChI is InChI=1S/C13H13F2N/c1-4-6-11(5-2)16(3)13-8-7-10(14)9-12(13)15/h4-9H,1-2H2,3H3/b11-6-. The number of nitrogens with zero attached hydrogens (tertiary/aromatic N) is 1. The molecule has 16 heavy (non-hydrogen) atoms. The van der Waals surface area contributed by atoms with Gasteiger partial charge in [-0.3, -0.25) is 0 Å². The molecule has 1 nitrogen and oxygen atoms in total. The molecule has 0 fully saturated rings. The summed E-state index contributed by atoms with van der Waals surface area (Å²) >= 11 is 0. The Morgan fingerprint density at radius 1 is 1.31 bits per heavy atom. The van der Waals surface area contributed by atoms with Crippen LogP contribution in [0.15, 0.2) is 55.3 Å². The van der Waals surface area contributed by atoms with Gasteiger partial charge in [-0.25, -0.2) is 8.78 Å². The molecule has 0 aliphatic carbocycles. The van der Waals surface area contributed by atoms with Crippen LogP contribution in [0.25, 0.3) is 0 Å². The van der Waals surface area contributed by atoms with E-state index in [1.165, 1.54) is 12.1 Å². The van der Waals surface area contributed by atoms with Crippen LogP contribution in [0.1, 0.15) is 0 Å². The van der Waals surface area contributed by atoms with Crippen molar-refractivity contribution in [2.75, 3.05) is 11.9 Å². The minimum atomic E-state index is -0.612. The summed E-state index contributed by atoms with van der Waals surface area (Å²) in [5.41, 5.74) is 0.968. The fourth-order valence-corrected chi connectivity index (χ4v) is 1.33. The minimum Gasteiger partial charge on any atom is -0.342 e. The summed E-state index contributed by atoms with van der Waals surface area (Å²) in [7, 11) is 1.67. The first-order chi connectivity index (χ1) is 7.60. The van der Waals surface area contributed by atoms with Crippen LogP contribution >= 0.6 is 0 Å². The van der Waals surface area contributed by atoms with Crippen molar-refractivity contribution in [3.05, 3.63) is 66.9 Å². The van der Waals surface area contributed by atoms with Gasteiger partial charge in [0.25, 0.3) is 0 Å². The maximum atomic E-state index is 13.5. The summed E-state index contributed by atoms with van der Waals surface area (Å²) in [6.45, 7) is 7.18. The number of hydrogen-bond acceptors (Lipinski definition) is 1. The summed E-state index contributed by atoms with van der Waals surface area (Å²) in [5.74, 6) is -1.21. The molecule has 1 rings (SSSR count). The van der Waals surface area contributed by atoms with Crippen LogP contribution in [-0.2, 0) is 0 Å². The summed E-state index contributed by atoms with van der Waals surface area (Å²) in [6, 6.07) is 3.44. The van der Waals surface area contributed by atoms with Crippen molar-refractivity contribution in [3.63, 3.8) is 0 Å². The van der Waals surface area contributed by atoms with Gasteiger partial charge in [0.1, 0.15) is 11.6 Å². The lowest BCUT2D eigenvalue weighted by Crippen LogP contribution is -2.16. The molecule has 84 valence electrons. The lowest BCUT2D eigenvalue weighted by atomic mass is 10.2. The number of rotatable bonds is 4. The molecule has 0 heterocycles. The zero-order valence-electron chi connectivity index (χ0n) is 9.08. The molecule has 0 atom stereocenters. The highest BCUT2D eigenvalue weighted by Gasteiger charge is 2.09. The van der Waals surface area contributed by atoms with Gasteiger partial charge in [0.15, 0.2) is 0 Å². The average Bonchev–Trinajstić information content (AvgIpc) is 2.25. The smallest absolute Gasteiger partial charge is 0.149 e. The summed E-state index contributed by atoms with van der Waals surface area (Å²) in [4.78, 5) is 1.57. The van der Waals surface area contributed by atoms with E-state index in [0.29, 0.717) is 5.70 Å². The van der Waals surface area contributed by atoms with Gasteiger partial charge < -0.3 is 4.90 Å². The Kier molecular flexibility index (Phi) is 4.00. The molecule has 0 aliphatic rings. The minimum absolute atomic E-state index is 0.286. The van der Waals surface area contributed by atoms with E-state index in [1.807, 2.05) is 0 Å². The molecule has 0 aromatic heterocycles. The molecule has 1 aromatic rings. The highest BCUT2D eigenvalue weighted by atomic mass is 19.1. The summed E-state index contributed by atoms with van der Waals surface area (Å²) in [5, 5.41) is 0. The zero-order chi connectivity index (χ0) is 12.1. The topological polar surface area (TPSA) is 3.24 Å². The molecular weight excluding hydrogens is 208 g/mol. The molecule has 1 aromatic carbocycles. The largest absolute Gasteiger partial charge is 0.342 e. The van der Waals surface area contributed by atoms with E-state index < -0.39 is 11.6 Å². The molecule has 0 aliphatic heterocycles. The lowest BCUT2D eigenvalue weighted by molar-refractivity contribution is 0.583. The van der Waals surface area contributed by atoms with Gasteiger partial charge in [0.2, 0.25) is 0 Å². The number of likely N-dealkylation sites (N-methyl/N-ethyl adjacent to an activating group) is 1. The highest BCUT2D eigenvalue weighted by Crippen LogP contribution is 2.22. The molecule has 0 amide bonds. The SMILES string of the molecule is C=C/C=C(/C=C)N(C)c1ccc(F)cc1F. The number of anilines is 1. The first kappa shape index (κ1) is 12.2. The number of benzene rings is 1. The predicted molar refractivity (Wildman–Crippen MR) is 63.2 cm³/mol. The van der Waals surface area contributed by atoms with Crippen LogP contribution in [0, 0.1) is 11.6 Å². The van der Waals surface area contributed by atoms with Crippen LogP contribution in [0.5, 0.6) is 0 Å². The Bertz CT molecular complexity index is 436. The third kappa shape index (κ3) is 2.57. The van der Waals surface area contributed by atoms with E-state index in [2.05, 4.69) is 13.2 Å². The van der Waals surface area contributed by atoms with Crippen LogP contribution < -0.4 is 4.90 Å². The monoisotopic (exact) mass is 221 g/mol. The average molecular weight is 221 g/mol. The second-order valence-corrected chi connectivity index (χ2v) is 3.19. The Balaban J connectivity index is 3.13. The van der Waals surface area contributed by atoms with Gasteiger partial charge in [0.05, 0.1) is 5.69 Å². The molecule has 0 bridgehead atoms. The molecule has 0 saturated heterocycles. The van der Waals surface area contributed by atoms with Gasteiger partial charge >= 0.3 is 0 Å². The Hall–Kier alpha value is -1.90. The van der Waals surface area contributed by atoms with Crippen molar-refractivity contribution < 1.29 is 8.78 Å². The van der Waals surface area contributed by atoms with E-state index in [1.54, 1.807) is 30.2 Å². The summed E-state index contributed by atoms with van der Waals surface area (Å²) < 4.78 is 26.2. The Morgan fingerprint density at radius 2 is 2.00 bits per heavy atom. The molecule has 0 saturated carbocycles. The summed E-state index contributed by atoms with van der Waals surface area (Å²) in [6.07, 6.45) is 4.84. The number of hydrogen-bond donors (Lipinski definition) is 0. The maximum absolute atomic E-state index is 13.5. The van der Waals surface area contributed by atoms with Gasteiger partial charge in [-0.05, 0) is 24.3 Å². The van der Waals surface area contributed by atoms with Crippen molar-refractivity contribution in [1.82, 2.24) is 0 Å². The predicted octanol–water partition coefficient (Wildman–Crippen LogP) is 3.66. The normalized spacial score (nSPS) is 11.1. The molecule has 0 spiro atoms. The van der Waals surface area contributed by atoms with Crippen LogP contribution in [0.2, 0.25) is 0 Å². The van der Waals surface area contributed by atoms with Gasteiger partial charge in [-0.15, -0.1) is 0 Å². The van der Waals surface area contributed by atoms with Crippen LogP contribution in [0.3, 0.4) is 0 Å². The molecule has 3 heteroatoms. The van der Waals surface area contributed by atoms with E-state index >= 15 is 0 Å². The van der Waals surface area contributed by atoms with Gasteiger partial charge in [-0.2, -0.15) is 0 Å². The second kappa shape index (κ2) is 5.26. The molecule has 0 radical (unpaired) electrons. The van der Waals surface area contributed by atoms with Gasteiger partial charge in [0, 0.05) is 18.8 Å². The quantitative estimate of drug-likeness (QED) is 0.701.